The molecule has 0 saturated heterocycles. The summed E-state index contributed by atoms with van der Waals surface area (Å²) in [5, 5.41) is 19.5. The highest BCUT2D eigenvalue weighted by atomic mass is 32.1. The van der Waals surface area contributed by atoms with Gasteiger partial charge in [-0.15, -0.1) is 11.3 Å². The van der Waals surface area contributed by atoms with Crippen molar-refractivity contribution in [3.8, 4) is 40.5 Å². The maximum absolute atomic E-state index is 9.67. The Kier molecular flexibility index (Phi) is 4.63. The highest BCUT2D eigenvalue weighted by Crippen LogP contribution is 2.46. The van der Waals surface area contributed by atoms with Gasteiger partial charge in [0.1, 0.15) is 33.2 Å². The van der Waals surface area contributed by atoms with Crippen molar-refractivity contribution in [1.82, 2.24) is 4.98 Å². The zero-order valence-electron chi connectivity index (χ0n) is 14.8. The first kappa shape index (κ1) is 18.1. The summed E-state index contributed by atoms with van der Waals surface area (Å²) in [4.78, 5) is 5.02. The Morgan fingerprint density at radius 2 is 1.63 bits per heavy atom. The van der Waals surface area contributed by atoms with Gasteiger partial charge in [0.25, 0.3) is 0 Å². The van der Waals surface area contributed by atoms with Crippen molar-refractivity contribution in [3.05, 3.63) is 22.6 Å². The number of fused-ring (bicyclic) bond motifs is 1. The third-order valence-electron chi connectivity index (χ3n) is 4.07. The van der Waals surface area contributed by atoms with Crippen molar-refractivity contribution in [2.75, 3.05) is 32.8 Å². The molecule has 8 nitrogen and oxygen atoms in total. The van der Waals surface area contributed by atoms with E-state index in [1.165, 1.54) is 21.3 Å². The van der Waals surface area contributed by atoms with Crippen LogP contribution in [0.1, 0.15) is 10.4 Å². The lowest BCUT2D eigenvalue weighted by molar-refractivity contribution is 0.324. The zero-order chi connectivity index (χ0) is 19.7. The van der Waals surface area contributed by atoms with Gasteiger partial charge in [-0.1, -0.05) is 0 Å². The van der Waals surface area contributed by atoms with Gasteiger partial charge in [0.05, 0.1) is 27.0 Å². The highest BCUT2D eigenvalue weighted by molar-refractivity contribution is 7.20. The van der Waals surface area contributed by atoms with Crippen molar-refractivity contribution >= 4 is 33.1 Å². The second-order valence-corrected chi connectivity index (χ2v) is 6.41. The van der Waals surface area contributed by atoms with Crippen LogP contribution in [0.25, 0.3) is 21.3 Å². The first-order chi connectivity index (χ1) is 13.0. The summed E-state index contributed by atoms with van der Waals surface area (Å²) < 4.78 is 16.1. The van der Waals surface area contributed by atoms with Crippen LogP contribution in [0, 0.1) is 22.7 Å². The number of pyridine rings is 1. The van der Waals surface area contributed by atoms with E-state index in [1.807, 2.05) is 6.07 Å². The number of nitrogen functional groups attached to an aromatic ring is 2. The third-order valence-corrected chi connectivity index (χ3v) is 5.08. The Bertz CT molecular complexity index is 1120. The number of nitrogens with zero attached hydrogens (tertiary/aromatic N) is 3. The molecular weight excluding hydrogens is 366 g/mol. The number of thiophene rings is 1. The lowest BCUT2D eigenvalue weighted by atomic mass is 9.96. The SMILES string of the molecule is COc1cc(-c2c(C#N)c(N)nc3sc(C#N)c(N)c23)cc(OC)c1OC. The van der Waals surface area contributed by atoms with Crippen LogP contribution in [0.4, 0.5) is 11.5 Å². The normalized spacial score (nSPS) is 10.3. The van der Waals surface area contributed by atoms with E-state index >= 15 is 0 Å². The smallest absolute Gasteiger partial charge is 0.203 e. The third kappa shape index (κ3) is 2.71. The van der Waals surface area contributed by atoms with Crippen molar-refractivity contribution in [1.29, 1.82) is 10.5 Å². The first-order valence-corrected chi connectivity index (χ1v) is 8.44. The number of aromatic nitrogens is 1. The molecule has 0 saturated carbocycles. The lowest BCUT2D eigenvalue weighted by Gasteiger charge is -2.16. The monoisotopic (exact) mass is 381 g/mol. The molecule has 136 valence electrons. The quantitative estimate of drug-likeness (QED) is 0.703. The van der Waals surface area contributed by atoms with Gasteiger partial charge in [-0.05, 0) is 17.7 Å². The van der Waals surface area contributed by atoms with E-state index in [-0.39, 0.29) is 17.1 Å². The molecule has 0 radical (unpaired) electrons. The first-order valence-electron chi connectivity index (χ1n) is 7.62. The van der Waals surface area contributed by atoms with E-state index < -0.39 is 0 Å². The summed E-state index contributed by atoms with van der Waals surface area (Å²) in [6.45, 7) is 0. The maximum Gasteiger partial charge on any atom is 0.203 e. The molecule has 2 aromatic heterocycles. The molecule has 0 atom stereocenters. The summed E-state index contributed by atoms with van der Waals surface area (Å²) in [6.07, 6.45) is 0. The minimum atomic E-state index is 0.0551. The van der Waals surface area contributed by atoms with E-state index in [1.54, 1.807) is 12.1 Å². The molecule has 27 heavy (non-hydrogen) atoms. The molecule has 0 unspecified atom stereocenters. The number of nitrogens with two attached hydrogens (primary N) is 2. The van der Waals surface area contributed by atoms with Crippen LogP contribution in [0.2, 0.25) is 0 Å². The van der Waals surface area contributed by atoms with Crippen molar-refractivity contribution in [3.63, 3.8) is 0 Å². The number of ether oxygens (including phenoxy) is 3. The topological polar surface area (TPSA) is 140 Å². The van der Waals surface area contributed by atoms with Crippen LogP contribution in [-0.2, 0) is 0 Å². The second-order valence-electron chi connectivity index (χ2n) is 5.41. The number of hydrogen-bond acceptors (Lipinski definition) is 9. The zero-order valence-corrected chi connectivity index (χ0v) is 15.6. The summed E-state index contributed by atoms with van der Waals surface area (Å²) in [7, 11) is 4.49. The van der Waals surface area contributed by atoms with Gasteiger partial charge in [-0.25, -0.2) is 4.98 Å². The fourth-order valence-corrected chi connectivity index (χ4v) is 3.79. The minimum Gasteiger partial charge on any atom is -0.493 e. The van der Waals surface area contributed by atoms with Crippen LogP contribution in [-0.4, -0.2) is 26.3 Å². The standard InChI is InChI=1S/C18H15N5O3S/c1-24-10-4-8(5-11(25-2)16(10)26-3)13-9(6-19)17(22)23-18-14(13)15(21)12(7-20)27-18/h4-5H,21H2,1-3H3,(H2,22,23). The van der Waals surface area contributed by atoms with E-state index in [4.69, 9.17) is 25.7 Å². The molecule has 0 bridgehead atoms. The van der Waals surface area contributed by atoms with Gasteiger partial charge >= 0.3 is 0 Å². The molecule has 4 N–H and O–H groups in total. The molecule has 0 aliphatic rings. The van der Waals surface area contributed by atoms with E-state index in [2.05, 4.69) is 11.1 Å². The van der Waals surface area contributed by atoms with Crippen molar-refractivity contribution in [2.24, 2.45) is 0 Å². The average molecular weight is 381 g/mol. The number of nitriles is 2. The molecule has 0 fully saturated rings. The number of anilines is 2. The van der Waals surface area contributed by atoms with Gasteiger partial charge in [0.2, 0.25) is 5.75 Å². The molecule has 0 aliphatic heterocycles. The van der Waals surface area contributed by atoms with E-state index in [0.29, 0.717) is 43.5 Å². The molecule has 3 aromatic rings. The molecular formula is C18H15N5O3S. The van der Waals surface area contributed by atoms with Gasteiger partial charge in [-0.2, -0.15) is 10.5 Å². The largest absolute Gasteiger partial charge is 0.493 e. The minimum absolute atomic E-state index is 0.0551. The molecule has 3 rings (SSSR count). The predicted molar refractivity (Wildman–Crippen MR) is 103 cm³/mol. The number of rotatable bonds is 4. The Balaban J connectivity index is 2.49. The summed E-state index contributed by atoms with van der Waals surface area (Å²) in [5.41, 5.74) is 13.6. The second kappa shape index (κ2) is 6.90. The Morgan fingerprint density at radius 3 is 2.11 bits per heavy atom. The summed E-state index contributed by atoms with van der Waals surface area (Å²) in [6, 6.07) is 7.51. The van der Waals surface area contributed by atoms with E-state index in [0.717, 1.165) is 11.3 Å². The average Bonchev–Trinajstić information content (AvgIpc) is 3.00. The Hall–Kier alpha value is -3.69. The molecule has 1 aromatic carbocycles. The number of benzene rings is 1. The molecule has 0 amide bonds. The van der Waals surface area contributed by atoms with Gasteiger partial charge in [0.15, 0.2) is 11.5 Å². The van der Waals surface area contributed by atoms with Gasteiger partial charge < -0.3 is 25.7 Å². The van der Waals surface area contributed by atoms with Crippen molar-refractivity contribution < 1.29 is 14.2 Å². The van der Waals surface area contributed by atoms with Crippen LogP contribution in [0.15, 0.2) is 12.1 Å². The molecule has 0 aliphatic carbocycles. The van der Waals surface area contributed by atoms with Gasteiger partial charge in [-0.3, -0.25) is 0 Å². The maximum atomic E-state index is 9.67. The fourth-order valence-electron chi connectivity index (χ4n) is 2.88. The number of hydrogen-bond donors (Lipinski definition) is 2. The van der Waals surface area contributed by atoms with Crippen LogP contribution < -0.4 is 25.7 Å². The number of methoxy groups -OCH3 is 3. The lowest BCUT2D eigenvalue weighted by Crippen LogP contribution is -2.01. The van der Waals surface area contributed by atoms with Crippen LogP contribution in [0.5, 0.6) is 17.2 Å². The summed E-state index contributed by atoms with van der Waals surface area (Å²) >= 11 is 1.12. The molecule has 0 spiro atoms. The fraction of sp³-hybridized carbons (Fsp3) is 0.167. The molecule has 2 heterocycles. The Morgan fingerprint density at radius 1 is 1.00 bits per heavy atom. The van der Waals surface area contributed by atoms with Crippen LogP contribution in [0.3, 0.4) is 0 Å². The van der Waals surface area contributed by atoms with Crippen LogP contribution >= 0.6 is 11.3 Å². The van der Waals surface area contributed by atoms with Gasteiger partial charge in [0, 0.05) is 10.9 Å². The molecule has 9 heteroatoms. The Labute approximate surface area is 159 Å². The highest BCUT2D eigenvalue weighted by Gasteiger charge is 2.24. The van der Waals surface area contributed by atoms with E-state index in [9.17, 15) is 10.5 Å². The van der Waals surface area contributed by atoms with Crippen molar-refractivity contribution in [2.45, 2.75) is 0 Å². The predicted octanol–water partition coefficient (Wildman–Crippen LogP) is 2.90. The summed E-state index contributed by atoms with van der Waals surface area (Å²) in [5.74, 6) is 1.29.